The van der Waals surface area contributed by atoms with Gasteiger partial charge in [-0.15, -0.1) is 0 Å². The third-order valence-corrected chi connectivity index (χ3v) is 2.60. The third-order valence-electron chi connectivity index (χ3n) is 2.60. The van der Waals surface area contributed by atoms with Crippen LogP contribution in [-0.2, 0) is 4.74 Å². The molecule has 1 aliphatic rings. The fraction of sp³-hybridized carbons (Fsp3) is 0.556. The standard InChI is InChI=1S/C9H12FN3O4/c10-6-7(15)4(3-14)17-8(6)13-2-1-5(11)12-9(13)16/h1-2,4,6-8,14-15H,3H2,(H2,11,12,16)/t4-,6-,7-,8?/m1/s1. The number of nitrogens with zero attached hydrogens (tertiary/aromatic N) is 2. The molecule has 1 unspecified atom stereocenters. The number of aliphatic hydroxyl groups is 2. The van der Waals surface area contributed by atoms with E-state index in [2.05, 4.69) is 4.98 Å². The first-order chi connectivity index (χ1) is 8.04. The molecule has 0 amide bonds. The molecule has 1 aromatic heterocycles. The normalized spacial score (nSPS) is 32.9. The van der Waals surface area contributed by atoms with Gasteiger partial charge in [-0.1, -0.05) is 0 Å². The average molecular weight is 245 g/mol. The van der Waals surface area contributed by atoms with Crippen LogP contribution in [-0.4, -0.2) is 44.8 Å². The minimum atomic E-state index is -1.81. The average Bonchev–Trinajstić information content (AvgIpc) is 2.57. The van der Waals surface area contributed by atoms with Crippen molar-refractivity contribution in [3.63, 3.8) is 0 Å². The van der Waals surface area contributed by atoms with Crippen LogP contribution in [0.15, 0.2) is 17.1 Å². The van der Waals surface area contributed by atoms with Gasteiger partial charge in [0.05, 0.1) is 6.61 Å². The van der Waals surface area contributed by atoms with Gasteiger partial charge in [0.15, 0.2) is 12.4 Å². The maximum Gasteiger partial charge on any atom is 0.351 e. The number of nitrogen functional groups attached to an aromatic ring is 1. The Kier molecular flexibility index (Phi) is 3.09. The number of rotatable bonds is 2. The van der Waals surface area contributed by atoms with Crippen molar-refractivity contribution < 1.29 is 19.3 Å². The Morgan fingerprint density at radius 2 is 2.35 bits per heavy atom. The summed E-state index contributed by atoms with van der Waals surface area (Å²) in [5, 5.41) is 18.3. The molecule has 1 fully saturated rings. The molecular formula is C9H12FN3O4. The molecule has 17 heavy (non-hydrogen) atoms. The molecule has 94 valence electrons. The molecule has 0 aliphatic carbocycles. The van der Waals surface area contributed by atoms with E-state index >= 15 is 0 Å². The van der Waals surface area contributed by atoms with E-state index < -0.39 is 36.9 Å². The van der Waals surface area contributed by atoms with Crippen molar-refractivity contribution in [2.75, 3.05) is 12.3 Å². The van der Waals surface area contributed by atoms with E-state index in [0.717, 1.165) is 4.57 Å². The number of anilines is 1. The van der Waals surface area contributed by atoms with E-state index in [0.29, 0.717) is 0 Å². The van der Waals surface area contributed by atoms with Crippen molar-refractivity contribution in [2.24, 2.45) is 0 Å². The van der Waals surface area contributed by atoms with Crippen LogP contribution in [0.2, 0.25) is 0 Å². The number of aliphatic hydroxyl groups excluding tert-OH is 2. The van der Waals surface area contributed by atoms with E-state index in [1.54, 1.807) is 0 Å². The second-order valence-electron chi connectivity index (χ2n) is 3.72. The van der Waals surface area contributed by atoms with Gasteiger partial charge in [-0.2, -0.15) is 4.98 Å². The molecule has 8 heteroatoms. The molecule has 7 nitrogen and oxygen atoms in total. The van der Waals surface area contributed by atoms with E-state index in [-0.39, 0.29) is 5.82 Å². The summed E-state index contributed by atoms with van der Waals surface area (Å²) in [7, 11) is 0. The van der Waals surface area contributed by atoms with Gasteiger partial charge in [-0.3, -0.25) is 4.57 Å². The molecule has 0 aromatic carbocycles. The molecule has 1 aliphatic heterocycles. The Balaban J connectivity index is 2.32. The number of hydrogen-bond acceptors (Lipinski definition) is 6. The molecular weight excluding hydrogens is 233 g/mol. The fourth-order valence-corrected chi connectivity index (χ4v) is 1.70. The van der Waals surface area contributed by atoms with Gasteiger partial charge in [0.2, 0.25) is 0 Å². The highest BCUT2D eigenvalue weighted by molar-refractivity contribution is 5.23. The largest absolute Gasteiger partial charge is 0.394 e. The lowest BCUT2D eigenvalue weighted by molar-refractivity contribution is -0.0490. The first kappa shape index (κ1) is 12.0. The lowest BCUT2D eigenvalue weighted by Crippen LogP contribution is -2.33. The van der Waals surface area contributed by atoms with Crippen molar-refractivity contribution in [1.82, 2.24) is 9.55 Å². The van der Waals surface area contributed by atoms with Crippen LogP contribution in [0.25, 0.3) is 0 Å². The van der Waals surface area contributed by atoms with E-state index in [1.807, 2.05) is 0 Å². The number of halogens is 1. The Hall–Kier alpha value is -1.51. The monoisotopic (exact) mass is 245 g/mol. The number of aromatic nitrogens is 2. The van der Waals surface area contributed by atoms with E-state index in [9.17, 15) is 14.3 Å². The van der Waals surface area contributed by atoms with Crippen LogP contribution in [0, 0.1) is 0 Å². The molecule has 0 radical (unpaired) electrons. The first-order valence-corrected chi connectivity index (χ1v) is 4.97. The molecule has 1 saturated heterocycles. The quantitative estimate of drug-likeness (QED) is 0.579. The predicted molar refractivity (Wildman–Crippen MR) is 54.8 cm³/mol. The minimum Gasteiger partial charge on any atom is -0.394 e. The zero-order valence-electron chi connectivity index (χ0n) is 8.73. The van der Waals surface area contributed by atoms with Crippen LogP contribution in [0.1, 0.15) is 6.23 Å². The Labute approximate surface area is 95.3 Å². The number of nitrogens with two attached hydrogens (primary N) is 1. The maximum atomic E-state index is 13.7. The molecule has 0 spiro atoms. The summed E-state index contributed by atoms with van der Waals surface area (Å²) in [6.07, 6.45) is -4.42. The van der Waals surface area contributed by atoms with Crippen molar-refractivity contribution in [2.45, 2.75) is 24.6 Å². The van der Waals surface area contributed by atoms with Crippen LogP contribution in [0.3, 0.4) is 0 Å². The first-order valence-electron chi connectivity index (χ1n) is 4.97. The third kappa shape index (κ3) is 2.02. The highest BCUT2D eigenvalue weighted by atomic mass is 19.1. The van der Waals surface area contributed by atoms with Gasteiger partial charge in [0, 0.05) is 6.20 Å². The Morgan fingerprint density at radius 1 is 1.65 bits per heavy atom. The summed E-state index contributed by atoms with van der Waals surface area (Å²) in [5.41, 5.74) is 4.52. The van der Waals surface area contributed by atoms with Crippen molar-refractivity contribution >= 4 is 5.82 Å². The molecule has 1 aromatic rings. The number of hydrogen-bond donors (Lipinski definition) is 3. The Bertz CT molecular complexity index is 466. The van der Waals surface area contributed by atoms with Gasteiger partial charge in [0.25, 0.3) is 0 Å². The lowest BCUT2D eigenvalue weighted by atomic mass is 10.1. The van der Waals surface area contributed by atoms with Gasteiger partial charge >= 0.3 is 5.69 Å². The summed E-state index contributed by atoms with van der Waals surface area (Å²) < 4.78 is 19.6. The smallest absolute Gasteiger partial charge is 0.351 e. The zero-order valence-corrected chi connectivity index (χ0v) is 8.73. The SMILES string of the molecule is Nc1ccn(C2O[C@H](CO)[C@@H](O)[C@H]2F)c(=O)n1. The molecule has 2 rings (SSSR count). The lowest BCUT2D eigenvalue weighted by Gasteiger charge is -2.15. The van der Waals surface area contributed by atoms with E-state index in [4.69, 9.17) is 15.6 Å². The second kappa shape index (κ2) is 4.40. The van der Waals surface area contributed by atoms with Crippen LogP contribution >= 0.6 is 0 Å². The number of ether oxygens (including phenoxy) is 1. The van der Waals surface area contributed by atoms with Crippen LogP contribution < -0.4 is 11.4 Å². The summed E-state index contributed by atoms with van der Waals surface area (Å²) in [5.74, 6) is 0.0129. The molecule has 4 atom stereocenters. The van der Waals surface area contributed by atoms with Gasteiger partial charge in [0.1, 0.15) is 18.0 Å². The van der Waals surface area contributed by atoms with Crippen molar-refractivity contribution in [1.29, 1.82) is 0 Å². The summed E-state index contributed by atoms with van der Waals surface area (Å²) >= 11 is 0. The summed E-state index contributed by atoms with van der Waals surface area (Å²) in [6.45, 7) is -0.533. The highest BCUT2D eigenvalue weighted by Crippen LogP contribution is 2.30. The molecule has 0 saturated carbocycles. The Morgan fingerprint density at radius 3 is 2.88 bits per heavy atom. The summed E-state index contributed by atoms with van der Waals surface area (Å²) in [4.78, 5) is 14.9. The minimum absolute atomic E-state index is 0.0129. The maximum absolute atomic E-state index is 13.7. The second-order valence-corrected chi connectivity index (χ2v) is 3.72. The van der Waals surface area contributed by atoms with Gasteiger partial charge < -0.3 is 20.7 Å². The topological polar surface area (TPSA) is 111 Å². The molecule has 0 bridgehead atoms. The molecule has 4 N–H and O–H groups in total. The van der Waals surface area contributed by atoms with Crippen molar-refractivity contribution in [3.05, 3.63) is 22.7 Å². The van der Waals surface area contributed by atoms with Crippen molar-refractivity contribution in [3.8, 4) is 0 Å². The summed E-state index contributed by atoms with van der Waals surface area (Å²) in [6, 6.07) is 1.32. The van der Waals surface area contributed by atoms with Gasteiger partial charge in [-0.25, -0.2) is 9.18 Å². The van der Waals surface area contributed by atoms with Crippen LogP contribution in [0.5, 0.6) is 0 Å². The number of alkyl halides is 1. The zero-order chi connectivity index (χ0) is 12.6. The van der Waals surface area contributed by atoms with Gasteiger partial charge in [-0.05, 0) is 6.07 Å². The van der Waals surface area contributed by atoms with E-state index in [1.165, 1.54) is 12.3 Å². The van der Waals surface area contributed by atoms with Crippen LogP contribution in [0.4, 0.5) is 10.2 Å². The molecule has 2 heterocycles. The predicted octanol–water partition coefficient (Wildman–Crippen LogP) is -1.59. The highest BCUT2D eigenvalue weighted by Gasteiger charge is 2.45. The fourth-order valence-electron chi connectivity index (χ4n) is 1.70.